The largest absolute Gasteiger partial charge is 0.380 e. The molecule has 2 N–H and O–H groups in total. The van der Waals surface area contributed by atoms with Gasteiger partial charge in [0.25, 0.3) is 0 Å². The minimum atomic E-state index is -0.0874. The number of hydrogen-bond acceptors (Lipinski definition) is 3. The molecule has 0 heterocycles. The molecule has 0 aliphatic heterocycles. The lowest BCUT2D eigenvalue weighted by atomic mass is 10.3. The predicted molar refractivity (Wildman–Crippen MR) is 69.4 cm³/mol. The third kappa shape index (κ3) is 5.68. The minimum absolute atomic E-state index is 0.0874. The maximum atomic E-state index is 11.5. The standard InChI is InChI=1S/C12H17ClN2O2/c1-9(17-2)7-14-8-12(16)15-11-5-3-10(13)4-6-11/h3-6,9,14H,7-8H2,1-2H3,(H,15,16). The van der Waals surface area contributed by atoms with Crippen LogP contribution in [0, 0.1) is 0 Å². The van der Waals surface area contributed by atoms with Crippen LogP contribution < -0.4 is 10.6 Å². The summed E-state index contributed by atoms with van der Waals surface area (Å²) in [7, 11) is 1.64. The van der Waals surface area contributed by atoms with Crippen LogP contribution in [0.4, 0.5) is 5.69 Å². The lowest BCUT2D eigenvalue weighted by Crippen LogP contribution is -2.33. The summed E-state index contributed by atoms with van der Waals surface area (Å²) >= 11 is 5.74. The highest BCUT2D eigenvalue weighted by Crippen LogP contribution is 2.12. The maximum absolute atomic E-state index is 11.5. The number of anilines is 1. The van der Waals surface area contributed by atoms with Gasteiger partial charge in [0.2, 0.25) is 5.91 Å². The third-order valence-corrected chi connectivity index (χ3v) is 2.50. The molecule has 0 bridgehead atoms. The van der Waals surface area contributed by atoms with Crippen molar-refractivity contribution in [1.29, 1.82) is 0 Å². The van der Waals surface area contributed by atoms with Crippen molar-refractivity contribution in [1.82, 2.24) is 5.32 Å². The molecule has 0 aliphatic carbocycles. The number of nitrogens with one attached hydrogen (secondary N) is 2. The molecule has 17 heavy (non-hydrogen) atoms. The monoisotopic (exact) mass is 256 g/mol. The second-order valence-corrected chi connectivity index (χ2v) is 4.17. The van der Waals surface area contributed by atoms with Gasteiger partial charge >= 0.3 is 0 Å². The van der Waals surface area contributed by atoms with Crippen molar-refractivity contribution in [3.8, 4) is 0 Å². The van der Waals surface area contributed by atoms with Crippen LogP contribution in [0.1, 0.15) is 6.92 Å². The molecule has 0 aromatic heterocycles. The van der Waals surface area contributed by atoms with E-state index in [1.54, 1.807) is 31.4 Å². The van der Waals surface area contributed by atoms with Crippen LogP contribution in [-0.4, -0.2) is 32.2 Å². The number of amides is 1. The van der Waals surface area contributed by atoms with Crippen molar-refractivity contribution in [2.45, 2.75) is 13.0 Å². The molecule has 1 unspecified atom stereocenters. The summed E-state index contributed by atoms with van der Waals surface area (Å²) in [6, 6.07) is 6.99. The number of carbonyl (C=O) groups excluding carboxylic acids is 1. The van der Waals surface area contributed by atoms with E-state index in [9.17, 15) is 4.79 Å². The molecular formula is C12H17ClN2O2. The zero-order chi connectivity index (χ0) is 12.7. The number of carbonyl (C=O) groups is 1. The first-order valence-electron chi connectivity index (χ1n) is 5.40. The molecule has 0 radical (unpaired) electrons. The Morgan fingerprint density at radius 3 is 2.65 bits per heavy atom. The highest BCUT2D eigenvalue weighted by atomic mass is 35.5. The first-order valence-corrected chi connectivity index (χ1v) is 5.78. The summed E-state index contributed by atoms with van der Waals surface area (Å²) < 4.78 is 5.05. The van der Waals surface area contributed by atoms with E-state index >= 15 is 0 Å². The number of ether oxygens (including phenoxy) is 1. The molecule has 0 saturated heterocycles. The van der Waals surface area contributed by atoms with Crippen LogP contribution in [0.25, 0.3) is 0 Å². The molecule has 0 saturated carbocycles. The average Bonchev–Trinajstić information content (AvgIpc) is 2.32. The maximum Gasteiger partial charge on any atom is 0.238 e. The predicted octanol–water partition coefficient (Wildman–Crippen LogP) is 1.90. The van der Waals surface area contributed by atoms with Gasteiger partial charge in [0, 0.05) is 24.4 Å². The van der Waals surface area contributed by atoms with Crippen LogP contribution in [0.3, 0.4) is 0 Å². The van der Waals surface area contributed by atoms with Gasteiger partial charge in [0.05, 0.1) is 12.6 Å². The summed E-state index contributed by atoms with van der Waals surface area (Å²) in [4.78, 5) is 11.5. The minimum Gasteiger partial charge on any atom is -0.380 e. The van der Waals surface area contributed by atoms with E-state index < -0.39 is 0 Å². The quantitative estimate of drug-likeness (QED) is 0.817. The highest BCUT2D eigenvalue weighted by molar-refractivity contribution is 6.30. The van der Waals surface area contributed by atoms with Gasteiger partial charge in [-0.25, -0.2) is 0 Å². The summed E-state index contributed by atoms with van der Waals surface area (Å²) in [5.41, 5.74) is 0.737. The molecule has 1 amide bonds. The molecule has 5 heteroatoms. The first-order chi connectivity index (χ1) is 8.11. The number of halogens is 1. The fourth-order valence-corrected chi connectivity index (χ4v) is 1.34. The van der Waals surface area contributed by atoms with Crippen LogP contribution in [0.2, 0.25) is 5.02 Å². The van der Waals surface area contributed by atoms with Gasteiger partial charge in [-0.05, 0) is 31.2 Å². The van der Waals surface area contributed by atoms with Crippen molar-refractivity contribution in [2.75, 3.05) is 25.5 Å². The molecular weight excluding hydrogens is 240 g/mol. The van der Waals surface area contributed by atoms with E-state index in [1.165, 1.54) is 0 Å². The van der Waals surface area contributed by atoms with Crippen molar-refractivity contribution < 1.29 is 9.53 Å². The first kappa shape index (κ1) is 14.0. The van der Waals surface area contributed by atoms with Gasteiger partial charge in [-0.2, -0.15) is 0 Å². The Hall–Kier alpha value is -1.10. The number of hydrogen-bond donors (Lipinski definition) is 2. The Kier molecular flexibility index (Phi) is 5.97. The Balaban J connectivity index is 2.27. The lowest BCUT2D eigenvalue weighted by Gasteiger charge is -2.10. The van der Waals surface area contributed by atoms with Crippen LogP contribution in [0.5, 0.6) is 0 Å². The zero-order valence-corrected chi connectivity index (χ0v) is 10.8. The SMILES string of the molecule is COC(C)CNCC(=O)Nc1ccc(Cl)cc1. The molecule has 4 nitrogen and oxygen atoms in total. The van der Waals surface area contributed by atoms with E-state index in [0.717, 1.165) is 5.69 Å². The van der Waals surface area contributed by atoms with Gasteiger partial charge in [0.1, 0.15) is 0 Å². The molecule has 0 fully saturated rings. The van der Waals surface area contributed by atoms with E-state index in [4.69, 9.17) is 16.3 Å². The molecule has 1 atom stereocenters. The second-order valence-electron chi connectivity index (χ2n) is 3.73. The van der Waals surface area contributed by atoms with Gasteiger partial charge in [-0.1, -0.05) is 11.6 Å². The van der Waals surface area contributed by atoms with Crippen molar-refractivity contribution in [3.63, 3.8) is 0 Å². The summed E-state index contributed by atoms with van der Waals surface area (Å²) in [6.07, 6.45) is 0.0957. The van der Waals surface area contributed by atoms with Crippen molar-refractivity contribution >= 4 is 23.2 Å². The Morgan fingerprint density at radius 1 is 1.41 bits per heavy atom. The molecule has 0 aliphatic rings. The van der Waals surface area contributed by atoms with Gasteiger partial charge in [0.15, 0.2) is 0 Å². The summed E-state index contributed by atoms with van der Waals surface area (Å²) in [5, 5.41) is 6.41. The highest BCUT2D eigenvalue weighted by Gasteiger charge is 2.03. The molecule has 1 aromatic rings. The van der Waals surface area contributed by atoms with Crippen LogP contribution >= 0.6 is 11.6 Å². The summed E-state index contributed by atoms with van der Waals surface area (Å²) in [5.74, 6) is -0.0874. The Labute approximate surface area is 106 Å². The van der Waals surface area contributed by atoms with Gasteiger partial charge < -0.3 is 15.4 Å². The van der Waals surface area contributed by atoms with Gasteiger partial charge in [-0.15, -0.1) is 0 Å². The van der Waals surface area contributed by atoms with E-state index in [-0.39, 0.29) is 18.6 Å². The van der Waals surface area contributed by atoms with E-state index in [1.807, 2.05) is 6.92 Å². The van der Waals surface area contributed by atoms with Crippen LogP contribution in [0.15, 0.2) is 24.3 Å². The number of methoxy groups -OCH3 is 1. The molecule has 1 aromatic carbocycles. The smallest absolute Gasteiger partial charge is 0.238 e. The fraction of sp³-hybridized carbons (Fsp3) is 0.417. The molecule has 94 valence electrons. The van der Waals surface area contributed by atoms with Crippen LogP contribution in [-0.2, 0) is 9.53 Å². The van der Waals surface area contributed by atoms with E-state index in [2.05, 4.69) is 10.6 Å². The zero-order valence-electron chi connectivity index (χ0n) is 10.00. The average molecular weight is 257 g/mol. The topological polar surface area (TPSA) is 50.4 Å². The fourth-order valence-electron chi connectivity index (χ4n) is 1.21. The lowest BCUT2D eigenvalue weighted by molar-refractivity contribution is -0.115. The van der Waals surface area contributed by atoms with Crippen molar-refractivity contribution in [2.24, 2.45) is 0 Å². The molecule has 0 spiro atoms. The Bertz CT molecular complexity index is 354. The normalized spacial score (nSPS) is 12.2. The number of rotatable bonds is 6. The summed E-state index contributed by atoms with van der Waals surface area (Å²) in [6.45, 7) is 2.84. The van der Waals surface area contributed by atoms with Gasteiger partial charge in [-0.3, -0.25) is 4.79 Å². The Morgan fingerprint density at radius 2 is 2.06 bits per heavy atom. The third-order valence-electron chi connectivity index (χ3n) is 2.25. The van der Waals surface area contributed by atoms with Crippen molar-refractivity contribution in [3.05, 3.63) is 29.3 Å². The second kappa shape index (κ2) is 7.27. The van der Waals surface area contributed by atoms with E-state index in [0.29, 0.717) is 11.6 Å². The molecule has 1 rings (SSSR count). The number of benzene rings is 1.